The minimum absolute atomic E-state index is 0.112. The number of amides is 1. The van der Waals surface area contributed by atoms with Crippen molar-refractivity contribution < 1.29 is 14.6 Å². The number of likely N-dealkylation sites (tertiary alicyclic amines) is 1. The molecule has 0 aromatic carbocycles. The molecular weight excluding hydrogens is 220 g/mol. The summed E-state index contributed by atoms with van der Waals surface area (Å²) in [4.78, 5) is 14.1. The van der Waals surface area contributed by atoms with Gasteiger partial charge in [-0.15, -0.1) is 0 Å². The first-order valence-electron chi connectivity index (χ1n) is 6.49. The van der Waals surface area contributed by atoms with Gasteiger partial charge in [0.15, 0.2) is 0 Å². The molecule has 17 heavy (non-hydrogen) atoms. The molecule has 1 amide bonds. The van der Waals surface area contributed by atoms with Gasteiger partial charge in [-0.25, -0.2) is 0 Å². The van der Waals surface area contributed by atoms with E-state index in [1.165, 1.54) is 6.42 Å². The first-order chi connectivity index (χ1) is 8.18. The molecular formula is C12H22N2O3. The van der Waals surface area contributed by atoms with Crippen molar-refractivity contribution in [2.75, 3.05) is 26.3 Å². The van der Waals surface area contributed by atoms with Crippen LogP contribution in [-0.2, 0) is 9.53 Å². The van der Waals surface area contributed by atoms with E-state index in [9.17, 15) is 9.90 Å². The fourth-order valence-electron chi connectivity index (χ4n) is 2.48. The molecule has 5 nitrogen and oxygen atoms in total. The number of nitrogens with zero attached hydrogens (tertiary/aromatic N) is 1. The van der Waals surface area contributed by atoms with E-state index in [1.54, 1.807) is 0 Å². The maximum absolute atomic E-state index is 12.1. The summed E-state index contributed by atoms with van der Waals surface area (Å²) in [7, 11) is 0. The number of carbonyl (C=O) groups excluding carboxylic acids is 1. The lowest BCUT2D eigenvalue weighted by Crippen LogP contribution is -2.52. The van der Waals surface area contributed by atoms with Crippen LogP contribution in [0.25, 0.3) is 0 Å². The third-order valence-corrected chi connectivity index (χ3v) is 3.55. The van der Waals surface area contributed by atoms with Crippen LogP contribution < -0.4 is 5.32 Å². The number of nitrogens with one attached hydrogen (secondary N) is 1. The van der Waals surface area contributed by atoms with E-state index < -0.39 is 6.10 Å². The second-order valence-electron chi connectivity index (χ2n) is 4.99. The fraction of sp³-hybridized carbons (Fsp3) is 0.917. The Labute approximate surface area is 102 Å². The van der Waals surface area contributed by atoms with Crippen molar-refractivity contribution in [3.8, 4) is 0 Å². The normalized spacial score (nSPS) is 31.5. The molecule has 2 N–H and O–H groups in total. The largest absolute Gasteiger partial charge is 0.389 e. The minimum Gasteiger partial charge on any atom is -0.389 e. The Morgan fingerprint density at radius 3 is 2.65 bits per heavy atom. The standard InChI is InChI=1S/C12H22N2O3/c1-9(13-10-7-17-8-11(10)15)12(16)14-5-3-2-4-6-14/h9-11,13,15H,2-8H2,1H3. The van der Waals surface area contributed by atoms with Gasteiger partial charge in [0.05, 0.1) is 31.4 Å². The minimum atomic E-state index is -0.494. The van der Waals surface area contributed by atoms with Gasteiger partial charge in [-0.3, -0.25) is 10.1 Å². The molecule has 2 fully saturated rings. The van der Waals surface area contributed by atoms with Crippen molar-refractivity contribution in [1.29, 1.82) is 0 Å². The Morgan fingerprint density at radius 1 is 1.35 bits per heavy atom. The SMILES string of the molecule is CC(NC1COCC1O)C(=O)N1CCCCC1. The highest BCUT2D eigenvalue weighted by atomic mass is 16.5. The predicted molar refractivity (Wildman–Crippen MR) is 63.6 cm³/mol. The van der Waals surface area contributed by atoms with Crippen LogP contribution in [0.5, 0.6) is 0 Å². The third-order valence-electron chi connectivity index (χ3n) is 3.55. The zero-order chi connectivity index (χ0) is 12.3. The molecule has 98 valence electrons. The Hall–Kier alpha value is -0.650. The summed E-state index contributed by atoms with van der Waals surface area (Å²) < 4.78 is 5.16. The van der Waals surface area contributed by atoms with Crippen molar-refractivity contribution in [3.05, 3.63) is 0 Å². The van der Waals surface area contributed by atoms with Gasteiger partial charge in [-0.05, 0) is 26.2 Å². The van der Waals surface area contributed by atoms with Crippen LogP contribution in [0.15, 0.2) is 0 Å². The first kappa shape index (κ1) is 12.8. The van der Waals surface area contributed by atoms with Gasteiger partial charge in [0, 0.05) is 13.1 Å². The number of aliphatic hydroxyl groups excluding tert-OH is 1. The van der Waals surface area contributed by atoms with Crippen molar-refractivity contribution in [2.24, 2.45) is 0 Å². The number of piperidine rings is 1. The maximum atomic E-state index is 12.1. The summed E-state index contributed by atoms with van der Waals surface area (Å²) in [5, 5.41) is 12.8. The molecule has 0 aromatic heterocycles. The first-order valence-corrected chi connectivity index (χ1v) is 6.49. The van der Waals surface area contributed by atoms with Gasteiger partial charge in [-0.1, -0.05) is 0 Å². The van der Waals surface area contributed by atoms with Crippen LogP contribution in [0.2, 0.25) is 0 Å². The highest BCUT2D eigenvalue weighted by Crippen LogP contribution is 2.11. The Morgan fingerprint density at radius 2 is 2.06 bits per heavy atom. The summed E-state index contributed by atoms with van der Waals surface area (Å²) >= 11 is 0. The molecule has 3 unspecified atom stereocenters. The lowest BCUT2D eigenvalue weighted by atomic mass is 10.1. The van der Waals surface area contributed by atoms with E-state index in [4.69, 9.17) is 4.74 Å². The van der Waals surface area contributed by atoms with Crippen molar-refractivity contribution in [1.82, 2.24) is 10.2 Å². The Bertz CT molecular complexity index is 266. The van der Waals surface area contributed by atoms with E-state index in [2.05, 4.69) is 5.32 Å². The molecule has 0 aromatic rings. The van der Waals surface area contributed by atoms with Gasteiger partial charge in [-0.2, -0.15) is 0 Å². The van der Waals surface area contributed by atoms with E-state index in [-0.39, 0.29) is 18.0 Å². The predicted octanol–water partition coefficient (Wildman–Crippen LogP) is -0.263. The van der Waals surface area contributed by atoms with Crippen molar-refractivity contribution >= 4 is 5.91 Å². The molecule has 0 radical (unpaired) electrons. The number of aliphatic hydroxyl groups is 1. The van der Waals surface area contributed by atoms with E-state index in [0.717, 1.165) is 25.9 Å². The topological polar surface area (TPSA) is 61.8 Å². The highest BCUT2D eigenvalue weighted by molar-refractivity contribution is 5.81. The van der Waals surface area contributed by atoms with Crippen LogP contribution in [0.3, 0.4) is 0 Å². The van der Waals surface area contributed by atoms with Crippen LogP contribution in [0, 0.1) is 0 Å². The fourth-order valence-corrected chi connectivity index (χ4v) is 2.48. The lowest BCUT2D eigenvalue weighted by Gasteiger charge is -2.30. The van der Waals surface area contributed by atoms with Gasteiger partial charge in [0.1, 0.15) is 0 Å². The van der Waals surface area contributed by atoms with Gasteiger partial charge < -0.3 is 14.7 Å². The number of carbonyl (C=O) groups is 1. The van der Waals surface area contributed by atoms with Crippen LogP contribution in [0.4, 0.5) is 0 Å². The van der Waals surface area contributed by atoms with Crippen molar-refractivity contribution in [3.63, 3.8) is 0 Å². The average Bonchev–Trinajstić information content (AvgIpc) is 2.75. The molecule has 3 atom stereocenters. The molecule has 0 saturated carbocycles. The van der Waals surface area contributed by atoms with Gasteiger partial charge in [0.2, 0.25) is 5.91 Å². The molecule has 2 heterocycles. The second-order valence-corrected chi connectivity index (χ2v) is 4.99. The number of hydrogen-bond donors (Lipinski definition) is 2. The summed E-state index contributed by atoms with van der Waals surface area (Å²) in [6.45, 7) is 4.45. The highest BCUT2D eigenvalue weighted by Gasteiger charge is 2.30. The summed E-state index contributed by atoms with van der Waals surface area (Å²) in [5.74, 6) is 0.142. The second kappa shape index (κ2) is 5.80. The third kappa shape index (κ3) is 3.18. The molecule has 0 spiro atoms. The maximum Gasteiger partial charge on any atom is 0.239 e. The van der Waals surface area contributed by atoms with Crippen LogP contribution in [-0.4, -0.2) is 60.4 Å². The van der Waals surface area contributed by atoms with Gasteiger partial charge in [0.25, 0.3) is 0 Å². The lowest BCUT2D eigenvalue weighted by molar-refractivity contribution is -0.134. The Balaban J connectivity index is 1.81. The monoisotopic (exact) mass is 242 g/mol. The summed E-state index contributed by atoms with van der Waals surface area (Å²) in [6, 6.07) is -0.354. The molecule has 0 aliphatic carbocycles. The molecule has 2 aliphatic heterocycles. The zero-order valence-electron chi connectivity index (χ0n) is 10.4. The number of hydrogen-bond acceptors (Lipinski definition) is 4. The molecule has 2 saturated heterocycles. The number of rotatable bonds is 3. The quantitative estimate of drug-likeness (QED) is 0.715. The Kier molecular flexibility index (Phi) is 4.36. The molecule has 0 bridgehead atoms. The molecule has 5 heteroatoms. The summed E-state index contributed by atoms with van der Waals surface area (Å²) in [5.41, 5.74) is 0. The number of ether oxygens (including phenoxy) is 1. The van der Waals surface area contributed by atoms with E-state index >= 15 is 0 Å². The van der Waals surface area contributed by atoms with E-state index in [0.29, 0.717) is 13.2 Å². The van der Waals surface area contributed by atoms with Crippen LogP contribution in [0.1, 0.15) is 26.2 Å². The smallest absolute Gasteiger partial charge is 0.239 e. The van der Waals surface area contributed by atoms with Gasteiger partial charge >= 0.3 is 0 Å². The van der Waals surface area contributed by atoms with Crippen molar-refractivity contribution in [2.45, 2.75) is 44.4 Å². The average molecular weight is 242 g/mol. The zero-order valence-corrected chi connectivity index (χ0v) is 10.4. The summed E-state index contributed by atoms with van der Waals surface area (Å²) in [6.07, 6.45) is 2.94. The molecule has 2 rings (SSSR count). The molecule has 2 aliphatic rings. The van der Waals surface area contributed by atoms with Crippen LogP contribution >= 0.6 is 0 Å². The van der Waals surface area contributed by atoms with E-state index in [1.807, 2.05) is 11.8 Å².